The van der Waals surface area contributed by atoms with Crippen molar-refractivity contribution in [2.45, 2.75) is 18.0 Å². The number of methoxy groups -OCH3 is 2. The van der Waals surface area contributed by atoms with Gasteiger partial charge in [0.1, 0.15) is 5.25 Å². The van der Waals surface area contributed by atoms with Crippen LogP contribution in [0.15, 0.2) is 59.6 Å². The molecule has 1 saturated heterocycles. The van der Waals surface area contributed by atoms with Crippen LogP contribution in [-0.2, 0) is 19.1 Å². The number of carboxylic acids is 1. The molecule has 2 N–H and O–H groups in total. The number of nitrogens with zero attached hydrogens (tertiary/aromatic N) is 2. The Balaban J connectivity index is 1.73. The number of anilines is 1. The molecule has 1 aliphatic rings. The number of para-hydroxylation sites is 1. The van der Waals surface area contributed by atoms with Crippen LogP contribution >= 0.6 is 11.8 Å². The van der Waals surface area contributed by atoms with Crippen LogP contribution in [0, 0.1) is 0 Å². The molecule has 1 aliphatic heterocycles. The van der Waals surface area contributed by atoms with Crippen molar-refractivity contribution >= 4 is 46.1 Å². The molecule has 1 heterocycles. The Labute approximate surface area is 189 Å². The maximum Gasteiger partial charge on any atom is 0.335 e. The average Bonchev–Trinajstić information content (AvgIpc) is 3.06. The van der Waals surface area contributed by atoms with Crippen LogP contribution in [0.2, 0.25) is 0 Å². The van der Waals surface area contributed by atoms with E-state index < -0.39 is 17.5 Å². The monoisotopic (exact) mass is 457 g/mol. The van der Waals surface area contributed by atoms with Gasteiger partial charge >= 0.3 is 5.97 Å². The summed E-state index contributed by atoms with van der Waals surface area (Å²) in [5.41, 5.74) is 1.25. The van der Waals surface area contributed by atoms with Gasteiger partial charge in [-0.15, -0.1) is 0 Å². The van der Waals surface area contributed by atoms with Gasteiger partial charge in [0, 0.05) is 26.3 Å². The van der Waals surface area contributed by atoms with Crippen molar-refractivity contribution in [2.24, 2.45) is 4.99 Å². The molecule has 168 valence electrons. The third-order valence-electron chi connectivity index (χ3n) is 4.64. The third kappa shape index (κ3) is 5.94. The van der Waals surface area contributed by atoms with E-state index in [0.717, 1.165) is 0 Å². The largest absolute Gasteiger partial charge is 0.478 e. The predicted molar refractivity (Wildman–Crippen MR) is 121 cm³/mol. The van der Waals surface area contributed by atoms with Crippen LogP contribution < -0.4 is 5.32 Å². The molecule has 0 aliphatic carbocycles. The van der Waals surface area contributed by atoms with Crippen LogP contribution in [0.4, 0.5) is 11.4 Å². The molecule has 0 spiro atoms. The number of rotatable bonds is 9. The molecule has 10 heteroatoms. The van der Waals surface area contributed by atoms with Gasteiger partial charge in [0.05, 0.1) is 17.8 Å². The number of carbonyl (C=O) groups is 3. The Kier molecular flexibility index (Phi) is 7.98. The van der Waals surface area contributed by atoms with E-state index in [0.29, 0.717) is 16.5 Å². The van der Waals surface area contributed by atoms with Crippen molar-refractivity contribution in [2.75, 3.05) is 26.1 Å². The maximum absolute atomic E-state index is 13.0. The Morgan fingerprint density at radius 1 is 1.12 bits per heavy atom. The smallest absolute Gasteiger partial charge is 0.335 e. The normalized spacial score (nSPS) is 17.2. The number of nitrogens with one attached hydrogen (secondary N) is 1. The summed E-state index contributed by atoms with van der Waals surface area (Å²) in [5.74, 6) is -1.68. The number of amides is 2. The first-order chi connectivity index (χ1) is 15.4. The molecule has 0 saturated carbocycles. The molecule has 9 nitrogen and oxygen atoms in total. The van der Waals surface area contributed by atoms with Crippen LogP contribution in [0.25, 0.3) is 0 Å². The first-order valence-electron chi connectivity index (χ1n) is 9.72. The quantitative estimate of drug-likeness (QED) is 0.556. The minimum Gasteiger partial charge on any atom is -0.478 e. The molecule has 2 aromatic carbocycles. The summed E-state index contributed by atoms with van der Waals surface area (Å²) in [7, 11) is 2.97. The van der Waals surface area contributed by atoms with E-state index >= 15 is 0 Å². The molecule has 0 radical (unpaired) electrons. The van der Waals surface area contributed by atoms with Crippen molar-refractivity contribution in [1.82, 2.24) is 4.90 Å². The molecule has 2 amide bonds. The molecular formula is C22H23N3O6S. The number of aliphatic imine (C=N–C) groups is 1. The van der Waals surface area contributed by atoms with Crippen molar-refractivity contribution in [3.63, 3.8) is 0 Å². The third-order valence-corrected chi connectivity index (χ3v) is 5.82. The zero-order valence-corrected chi connectivity index (χ0v) is 18.4. The zero-order chi connectivity index (χ0) is 23.1. The summed E-state index contributed by atoms with van der Waals surface area (Å²) >= 11 is 1.21. The molecule has 1 atom stereocenters. The second kappa shape index (κ2) is 10.9. The Morgan fingerprint density at radius 2 is 1.78 bits per heavy atom. The second-order valence-electron chi connectivity index (χ2n) is 6.82. The van der Waals surface area contributed by atoms with Crippen molar-refractivity contribution in [1.29, 1.82) is 0 Å². The van der Waals surface area contributed by atoms with Gasteiger partial charge in [-0.05, 0) is 36.4 Å². The van der Waals surface area contributed by atoms with Crippen LogP contribution in [-0.4, -0.2) is 65.3 Å². The molecule has 0 bridgehead atoms. The molecule has 3 rings (SSSR count). The van der Waals surface area contributed by atoms with E-state index in [2.05, 4.69) is 10.3 Å². The first kappa shape index (κ1) is 23.5. The van der Waals surface area contributed by atoms with E-state index in [4.69, 9.17) is 14.6 Å². The van der Waals surface area contributed by atoms with Crippen molar-refractivity contribution in [3.8, 4) is 0 Å². The minimum absolute atomic E-state index is 0.0703. The minimum atomic E-state index is -1.05. The number of aromatic carboxylic acids is 1. The van der Waals surface area contributed by atoms with E-state index in [1.807, 2.05) is 30.3 Å². The lowest BCUT2D eigenvalue weighted by molar-refractivity contribution is -0.138. The lowest BCUT2D eigenvalue weighted by atomic mass is 10.2. The van der Waals surface area contributed by atoms with Crippen LogP contribution in [0.5, 0.6) is 0 Å². The maximum atomic E-state index is 13.0. The van der Waals surface area contributed by atoms with E-state index in [-0.39, 0.29) is 30.3 Å². The summed E-state index contributed by atoms with van der Waals surface area (Å²) in [6.45, 7) is 0.138. The Morgan fingerprint density at radius 3 is 2.38 bits per heavy atom. The van der Waals surface area contributed by atoms with E-state index in [1.165, 1.54) is 55.1 Å². The number of amidine groups is 1. The summed E-state index contributed by atoms with van der Waals surface area (Å²) < 4.78 is 10.5. The first-order valence-corrected chi connectivity index (χ1v) is 10.6. The molecular weight excluding hydrogens is 434 g/mol. The lowest BCUT2D eigenvalue weighted by Crippen LogP contribution is -2.40. The number of thioether (sulfide) groups is 1. The van der Waals surface area contributed by atoms with Gasteiger partial charge in [-0.1, -0.05) is 30.0 Å². The number of carboxylic acid groups (broad SMARTS) is 1. The van der Waals surface area contributed by atoms with E-state index in [1.54, 1.807) is 0 Å². The topological polar surface area (TPSA) is 118 Å². The molecule has 0 aromatic heterocycles. The van der Waals surface area contributed by atoms with Crippen molar-refractivity contribution in [3.05, 3.63) is 60.2 Å². The fourth-order valence-corrected chi connectivity index (χ4v) is 4.14. The SMILES string of the molecule is COC(CN1C(=O)C(CC(=O)Nc2ccc(C(=O)O)cc2)SC1=Nc1ccccc1)OC. The number of hydrogen-bond acceptors (Lipinski definition) is 7. The molecule has 2 aromatic rings. The summed E-state index contributed by atoms with van der Waals surface area (Å²) in [5, 5.41) is 11.5. The highest BCUT2D eigenvalue weighted by atomic mass is 32.2. The highest BCUT2D eigenvalue weighted by molar-refractivity contribution is 8.15. The number of benzene rings is 2. The average molecular weight is 458 g/mol. The number of hydrogen-bond donors (Lipinski definition) is 2. The van der Waals surface area contributed by atoms with Gasteiger partial charge in [-0.25, -0.2) is 9.79 Å². The summed E-state index contributed by atoms with van der Waals surface area (Å²) in [6, 6.07) is 15.0. The van der Waals surface area contributed by atoms with E-state index in [9.17, 15) is 14.4 Å². The second-order valence-corrected chi connectivity index (χ2v) is 7.99. The number of carbonyl (C=O) groups excluding carboxylic acids is 2. The van der Waals surface area contributed by atoms with Crippen molar-refractivity contribution < 1.29 is 29.0 Å². The van der Waals surface area contributed by atoms with Gasteiger partial charge in [0.25, 0.3) is 0 Å². The predicted octanol–water partition coefficient (Wildman–Crippen LogP) is 2.96. The van der Waals surface area contributed by atoms with Gasteiger partial charge in [-0.2, -0.15) is 0 Å². The highest BCUT2D eigenvalue weighted by Crippen LogP contribution is 2.32. The molecule has 1 fully saturated rings. The lowest BCUT2D eigenvalue weighted by Gasteiger charge is -2.21. The molecule has 32 heavy (non-hydrogen) atoms. The van der Waals surface area contributed by atoms with Gasteiger partial charge in [-0.3, -0.25) is 14.5 Å². The van der Waals surface area contributed by atoms with Crippen LogP contribution in [0.3, 0.4) is 0 Å². The Hall–Kier alpha value is -3.21. The molecule has 1 unspecified atom stereocenters. The fraction of sp³-hybridized carbons (Fsp3) is 0.273. The standard InChI is InChI=1S/C22H23N3O6S/c1-30-19(31-2)13-25-20(27)17(32-22(25)24-15-6-4-3-5-7-15)12-18(26)23-16-10-8-14(9-11-16)21(28)29/h3-11,17,19H,12-13H2,1-2H3,(H,23,26)(H,28,29). The van der Waals surface area contributed by atoms with Gasteiger partial charge < -0.3 is 19.9 Å². The fourth-order valence-electron chi connectivity index (χ4n) is 2.98. The number of ether oxygens (including phenoxy) is 2. The van der Waals surface area contributed by atoms with Crippen LogP contribution in [0.1, 0.15) is 16.8 Å². The highest BCUT2D eigenvalue weighted by Gasteiger charge is 2.40. The van der Waals surface area contributed by atoms with Gasteiger partial charge in [0.15, 0.2) is 11.5 Å². The summed E-state index contributed by atoms with van der Waals surface area (Å²) in [6.07, 6.45) is -0.708. The summed E-state index contributed by atoms with van der Waals surface area (Å²) in [4.78, 5) is 42.6. The zero-order valence-electron chi connectivity index (χ0n) is 17.6. The Bertz CT molecular complexity index is 992. The van der Waals surface area contributed by atoms with Gasteiger partial charge in [0.2, 0.25) is 11.8 Å².